The number of carbonyl (C=O) groups is 2. The third-order valence-corrected chi connectivity index (χ3v) is 8.55. The molecule has 1 unspecified atom stereocenters. The van der Waals surface area contributed by atoms with E-state index in [1.807, 2.05) is 74.5 Å². The lowest BCUT2D eigenvalue weighted by Crippen LogP contribution is -2.51. The van der Waals surface area contributed by atoms with Gasteiger partial charge in [0.25, 0.3) is 10.0 Å². The Morgan fingerprint density at radius 2 is 1.28 bits per heavy atom. The molecule has 4 rings (SSSR count). The van der Waals surface area contributed by atoms with Crippen molar-refractivity contribution in [2.24, 2.45) is 5.92 Å². The van der Waals surface area contributed by atoms with Crippen LogP contribution in [0.15, 0.2) is 120 Å². The maximum absolute atomic E-state index is 14.0. The van der Waals surface area contributed by atoms with E-state index in [1.54, 1.807) is 49.4 Å². The van der Waals surface area contributed by atoms with Gasteiger partial charge >= 0.3 is 0 Å². The summed E-state index contributed by atoms with van der Waals surface area (Å²) in [6.07, 6.45) is 0. The molecule has 0 aliphatic heterocycles. The van der Waals surface area contributed by atoms with Gasteiger partial charge in [0.15, 0.2) is 0 Å². The number of benzene rings is 4. The highest BCUT2D eigenvalue weighted by Crippen LogP contribution is 2.28. The first-order chi connectivity index (χ1) is 20.6. The van der Waals surface area contributed by atoms with Gasteiger partial charge in [-0.1, -0.05) is 80.6 Å². The Bertz CT molecular complexity index is 1580. The average Bonchev–Trinajstić information content (AvgIpc) is 3.02. The molecule has 4 aromatic carbocycles. The molecule has 224 valence electrons. The van der Waals surface area contributed by atoms with Gasteiger partial charge in [-0.05, 0) is 66.9 Å². The van der Waals surface area contributed by atoms with Crippen molar-refractivity contribution in [1.82, 2.24) is 10.2 Å². The monoisotopic (exact) mass is 599 g/mol. The Morgan fingerprint density at radius 3 is 1.86 bits per heavy atom. The van der Waals surface area contributed by atoms with Gasteiger partial charge in [0.05, 0.1) is 10.6 Å². The van der Waals surface area contributed by atoms with Gasteiger partial charge < -0.3 is 15.0 Å². The first-order valence-electron chi connectivity index (χ1n) is 14.2. The van der Waals surface area contributed by atoms with Gasteiger partial charge in [-0.3, -0.25) is 13.9 Å². The van der Waals surface area contributed by atoms with Crippen molar-refractivity contribution in [3.63, 3.8) is 0 Å². The number of carbonyl (C=O) groups excluding carboxylic acids is 2. The van der Waals surface area contributed by atoms with Crippen LogP contribution in [-0.4, -0.2) is 44.3 Å². The van der Waals surface area contributed by atoms with E-state index >= 15 is 0 Å². The molecule has 0 spiro atoms. The number of para-hydroxylation sites is 1. The molecule has 2 amide bonds. The van der Waals surface area contributed by atoms with Gasteiger partial charge in [0.2, 0.25) is 11.8 Å². The molecule has 0 saturated heterocycles. The zero-order chi connectivity index (χ0) is 30.8. The maximum atomic E-state index is 14.0. The first-order valence-corrected chi connectivity index (χ1v) is 15.6. The summed E-state index contributed by atoms with van der Waals surface area (Å²) in [5, 5.41) is 2.89. The Labute approximate surface area is 254 Å². The summed E-state index contributed by atoms with van der Waals surface area (Å²) in [7, 11) is -4.15. The molecule has 0 aromatic heterocycles. The van der Waals surface area contributed by atoms with Gasteiger partial charge in [-0.2, -0.15) is 0 Å². The summed E-state index contributed by atoms with van der Waals surface area (Å²) in [6, 6.07) is 32.2. The Kier molecular flexibility index (Phi) is 10.6. The number of nitrogens with zero attached hydrogens (tertiary/aromatic N) is 2. The van der Waals surface area contributed by atoms with E-state index in [-0.39, 0.29) is 29.0 Å². The van der Waals surface area contributed by atoms with E-state index in [2.05, 4.69) is 5.32 Å². The van der Waals surface area contributed by atoms with E-state index in [0.717, 1.165) is 9.87 Å². The topological polar surface area (TPSA) is 96.0 Å². The highest BCUT2D eigenvalue weighted by Gasteiger charge is 2.32. The smallest absolute Gasteiger partial charge is 0.264 e. The van der Waals surface area contributed by atoms with Crippen molar-refractivity contribution in [1.29, 1.82) is 0 Å². The van der Waals surface area contributed by atoms with Gasteiger partial charge in [0.1, 0.15) is 24.1 Å². The molecule has 0 radical (unpaired) electrons. The Balaban J connectivity index is 1.67. The van der Waals surface area contributed by atoms with Crippen LogP contribution in [0, 0.1) is 5.92 Å². The van der Waals surface area contributed by atoms with Crippen LogP contribution in [0.3, 0.4) is 0 Å². The van der Waals surface area contributed by atoms with Crippen LogP contribution in [0.5, 0.6) is 11.5 Å². The highest BCUT2D eigenvalue weighted by atomic mass is 32.2. The van der Waals surface area contributed by atoms with Crippen molar-refractivity contribution in [2.45, 2.75) is 38.3 Å². The van der Waals surface area contributed by atoms with E-state index in [0.29, 0.717) is 18.0 Å². The molecular formula is C34H37N3O5S. The van der Waals surface area contributed by atoms with E-state index < -0.39 is 28.5 Å². The van der Waals surface area contributed by atoms with E-state index in [4.69, 9.17) is 4.74 Å². The van der Waals surface area contributed by atoms with Crippen molar-refractivity contribution >= 4 is 27.5 Å². The molecule has 1 atom stereocenters. The van der Waals surface area contributed by atoms with Crippen molar-refractivity contribution in [3.05, 3.63) is 121 Å². The third kappa shape index (κ3) is 8.45. The fourth-order valence-corrected chi connectivity index (χ4v) is 5.80. The molecule has 0 fully saturated rings. The minimum Gasteiger partial charge on any atom is -0.457 e. The third-order valence-electron chi connectivity index (χ3n) is 6.76. The SMILES string of the molecule is CC(C)CNC(=O)C(C)N(Cc1ccccc1)C(=O)CN(c1ccc(Oc2ccccc2)cc1)S(=O)(=O)c1ccccc1. The zero-order valence-corrected chi connectivity index (χ0v) is 25.4. The van der Waals surface area contributed by atoms with Crippen molar-refractivity contribution < 1.29 is 22.7 Å². The van der Waals surface area contributed by atoms with Crippen LogP contribution in [0.1, 0.15) is 26.3 Å². The summed E-state index contributed by atoms with van der Waals surface area (Å²) in [4.78, 5) is 28.6. The molecule has 8 nitrogen and oxygen atoms in total. The molecule has 4 aromatic rings. The minimum atomic E-state index is -4.15. The molecule has 1 N–H and O–H groups in total. The molecule has 0 heterocycles. The van der Waals surface area contributed by atoms with Gasteiger partial charge in [-0.15, -0.1) is 0 Å². The lowest BCUT2D eigenvalue weighted by atomic mass is 10.1. The lowest BCUT2D eigenvalue weighted by Gasteiger charge is -2.32. The predicted octanol–water partition coefficient (Wildman–Crippen LogP) is 5.86. The number of hydrogen-bond donors (Lipinski definition) is 1. The Morgan fingerprint density at radius 1 is 0.744 bits per heavy atom. The molecule has 0 bridgehead atoms. The fraction of sp³-hybridized carbons (Fsp3) is 0.235. The standard InChI is InChI=1S/C34H37N3O5S/c1-26(2)23-35-34(39)27(3)36(24-28-13-7-4-8-14-28)33(38)25-37(43(40,41)32-17-11-6-12-18-32)29-19-21-31(22-20-29)42-30-15-9-5-10-16-30/h4-22,26-27H,23-25H2,1-3H3,(H,35,39). The van der Waals surface area contributed by atoms with Crippen LogP contribution in [-0.2, 0) is 26.2 Å². The zero-order valence-electron chi connectivity index (χ0n) is 24.6. The largest absolute Gasteiger partial charge is 0.457 e. The van der Waals surface area contributed by atoms with E-state index in [9.17, 15) is 18.0 Å². The molecule has 0 aliphatic carbocycles. The summed E-state index contributed by atoms with van der Waals surface area (Å²) >= 11 is 0. The molecule has 0 saturated carbocycles. The molecular weight excluding hydrogens is 562 g/mol. The predicted molar refractivity (Wildman–Crippen MR) is 168 cm³/mol. The number of hydrogen-bond acceptors (Lipinski definition) is 5. The summed E-state index contributed by atoms with van der Waals surface area (Å²) in [5.41, 5.74) is 1.11. The number of rotatable bonds is 13. The van der Waals surface area contributed by atoms with Crippen LogP contribution in [0.4, 0.5) is 5.69 Å². The lowest BCUT2D eigenvalue weighted by molar-refractivity contribution is -0.139. The van der Waals surface area contributed by atoms with Crippen molar-refractivity contribution in [3.8, 4) is 11.5 Å². The summed E-state index contributed by atoms with van der Waals surface area (Å²) in [5.74, 6) is 0.563. The van der Waals surface area contributed by atoms with Crippen LogP contribution in [0.25, 0.3) is 0 Å². The minimum absolute atomic E-state index is 0.0461. The second-order valence-electron chi connectivity index (χ2n) is 10.6. The first kappa shape index (κ1) is 31.3. The normalized spacial score (nSPS) is 11.9. The fourth-order valence-electron chi connectivity index (χ4n) is 4.37. The summed E-state index contributed by atoms with van der Waals surface area (Å²) < 4.78 is 34.9. The number of ether oxygens (including phenoxy) is 1. The van der Waals surface area contributed by atoms with Gasteiger partial charge in [0, 0.05) is 13.1 Å². The highest BCUT2D eigenvalue weighted by molar-refractivity contribution is 7.92. The second kappa shape index (κ2) is 14.5. The van der Waals surface area contributed by atoms with E-state index in [1.165, 1.54) is 17.0 Å². The van der Waals surface area contributed by atoms with Gasteiger partial charge in [-0.25, -0.2) is 8.42 Å². The molecule has 0 aliphatic rings. The quantitative estimate of drug-likeness (QED) is 0.208. The number of amides is 2. The Hall–Kier alpha value is -4.63. The number of anilines is 1. The second-order valence-corrected chi connectivity index (χ2v) is 12.4. The molecule has 43 heavy (non-hydrogen) atoms. The van der Waals surface area contributed by atoms with Crippen molar-refractivity contribution in [2.75, 3.05) is 17.4 Å². The number of sulfonamides is 1. The van der Waals surface area contributed by atoms with Crippen LogP contribution < -0.4 is 14.4 Å². The maximum Gasteiger partial charge on any atom is 0.264 e. The number of nitrogens with one attached hydrogen (secondary N) is 1. The summed E-state index contributed by atoms with van der Waals surface area (Å²) in [6.45, 7) is 5.72. The van der Waals surface area contributed by atoms with Crippen LogP contribution in [0.2, 0.25) is 0 Å². The average molecular weight is 600 g/mol. The molecule has 9 heteroatoms. The van der Waals surface area contributed by atoms with Crippen LogP contribution >= 0.6 is 0 Å².